The number of hydrogen-bond donors (Lipinski definition) is 1. The third-order valence-corrected chi connectivity index (χ3v) is 2.85. The molecule has 100 valence electrons. The Labute approximate surface area is 110 Å². The molecule has 0 radical (unpaired) electrons. The maximum Gasteiger partial charge on any atom is 0.336 e. The lowest BCUT2D eigenvalue weighted by atomic mass is 10.1. The Morgan fingerprint density at radius 1 is 1.42 bits per heavy atom. The Kier molecular flexibility index (Phi) is 3.60. The number of phenolic OH excluding ortho intramolecular Hbond substituents is 1. The summed E-state index contributed by atoms with van der Waals surface area (Å²) < 4.78 is 10.2. The minimum atomic E-state index is -0.470. The minimum absolute atomic E-state index is 0.0156. The summed E-state index contributed by atoms with van der Waals surface area (Å²) in [6, 6.07) is 4.81. The minimum Gasteiger partial charge on any atom is -0.504 e. The van der Waals surface area contributed by atoms with Crippen LogP contribution in [0.2, 0.25) is 0 Å². The van der Waals surface area contributed by atoms with E-state index in [2.05, 4.69) is 0 Å². The van der Waals surface area contributed by atoms with E-state index in [0.29, 0.717) is 6.42 Å². The van der Waals surface area contributed by atoms with Crippen molar-refractivity contribution in [2.75, 3.05) is 7.11 Å². The largest absolute Gasteiger partial charge is 0.504 e. The van der Waals surface area contributed by atoms with Crippen molar-refractivity contribution in [2.24, 2.45) is 0 Å². The van der Waals surface area contributed by atoms with Gasteiger partial charge in [0.1, 0.15) is 0 Å². The number of fused-ring (bicyclic) bond motifs is 1. The summed E-state index contributed by atoms with van der Waals surface area (Å²) in [6.45, 7) is 3.99. The van der Waals surface area contributed by atoms with Gasteiger partial charge in [-0.25, -0.2) is 4.79 Å². The molecule has 0 atom stereocenters. The van der Waals surface area contributed by atoms with Gasteiger partial charge in [-0.15, -0.1) is 0 Å². The zero-order valence-corrected chi connectivity index (χ0v) is 11.2. The van der Waals surface area contributed by atoms with Crippen LogP contribution in [0.4, 0.5) is 0 Å². The number of ether oxygens (including phenoxy) is 1. The van der Waals surface area contributed by atoms with Crippen molar-refractivity contribution in [3.8, 4) is 11.5 Å². The summed E-state index contributed by atoms with van der Waals surface area (Å²) in [7, 11) is 1.44. The molecule has 0 spiro atoms. The highest BCUT2D eigenvalue weighted by molar-refractivity contribution is 5.86. The first-order valence-corrected chi connectivity index (χ1v) is 5.99. The number of hydrogen-bond acceptors (Lipinski definition) is 4. The zero-order valence-electron chi connectivity index (χ0n) is 11.2. The van der Waals surface area contributed by atoms with Crippen LogP contribution in [0, 0.1) is 0 Å². The van der Waals surface area contributed by atoms with Gasteiger partial charge in [0.25, 0.3) is 0 Å². The second-order valence-corrected chi connectivity index (χ2v) is 4.58. The highest BCUT2D eigenvalue weighted by atomic mass is 16.5. The molecule has 1 aromatic heterocycles. The van der Waals surface area contributed by atoms with Crippen molar-refractivity contribution < 1.29 is 14.3 Å². The fourth-order valence-electron chi connectivity index (χ4n) is 1.89. The number of methoxy groups -OCH3 is 1. The van der Waals surface area contributed by atoms with Crippen LogP contribution >= 0.6 is 0 Å². The van der Waals surface area contributed by atoms with E-state index < -0.39 is 5.63 Å². The van der Waals surface area contributed by atoms with E-state index in [0.717, 1.165) is 16.5 Å². The molecule has 0 saturated heterocycles. The first-order chi connectivity index (χ1) is 9.02. The number of aromatic hydroxyl groups is 1. The van der Waals surface area contributed by atoms with Crippen LogP contribution in [0.15, 0.2) is 39.1 Å². The molecular formula is C15H16O4. The lowest BCUT2D eigenvalue weighted by molar-refractivity contribution is 0.367. The molecule has 0 bridgehead atoms. The quantitative estimate of drug-likeness (QED) is 0.680. The van der Waals surface area contributed by atoms with E-state index >= 15 is 0 Å². The van der Waals surface area contributed by atoms with Gasteiger partial charge < -0.3 is 14.3 Å². The fourth-order valence-corrected chi connectivity index (χ4v) is 1.89. The molecule has 4 nitrogen and oxygen atoms in total. The van der Waals surface area contributed by atoms with Crippen LogP contribution in [0.3, 0.4) is 0 Å². The second-order valence-electron chi connectivity index (χ2n) is 4.58. The monoisotopic (exact) mass is 260 g/mol. The molecular weight excluding hydrogens is 244 g/mol. The Hall–Kier alpha value is -2.23. The van der Waals surface area contributed by atoms with Crippen molar-refractivity contribution in [1.82, 2.24) is 0 Å². The molecule has 0 fully saturated rings. The smallest absolute Gasteiger partial charge is 0.336 e. The standard InChI is InChI=1S/C15H16O4/c1-9(2)4-5-10-8-11-6-7-12(16)19-14(11)15(18-3)13(10)17/h4,6-8,17H,5H2,1-3H3. The first-order valence-electron chi connectivity index (χ1n) is 5.99. The summed E-state index contributed by atoms with van der Waals surface area (Å²) >= 11 is 0. The molecule has 0 unspecified atom stereocenters. The van der Waals surface area contributed by atoms with Crippen LogP contribution in [-0.4, -0.2) is 12.2 Å². The number of rotatable bonds is 3. The summed E-state index contributed by atoms with van der Waals surface area (Å²) in [5, 5.41) is 10.9. The molecule has 2 rings (SSSR count). The van der Waals surface area contributed by atoms with Gasteiger partial charge in [0.2, 0.25) is 5.75 Å². The highest BCUT2D eigenvalue weighted by Crippen LogP contribution is 2.37. The van der Waals surface area contributed by atoms with Crippen molar-refractivity contribution in [1.29, 1.82) is 0 Å². The number of phenols is 1. The van der Waals surface area contributed by atoms with Gasteiger partial charge in [0, 0.05) is 17.0 Å². The van der Waals surface area contributed by atoms with Crippen LogP contribution in [-0.2, 0) is 6.42 Å². The van der Waals surface area contributed by atoms with Crippen LogP contribution in [0.25, 0.3) is 11.0 Å². The normalized spacial score (nSPS) is 10.5. The number of allylic oxidation sites excluding steroid dienone is 2. The molecule has 0 aliphatic carbocycles. The van der Waals surface area contributed by atoms with Gasteiger partial charge in [0.15, 0.2) is 11.3 Å². The first kappa shape index (κ1) is 13.2. The number of benzene rings is 1. The second kappa shape index (κ2) is 5.18. The molecule has 0 saturated carbocycles. The fraction of sp³-hybridized carbons (Fsp3) is 0.267. The summed E-state index contributed by atoms with van der Waals surface area (Å²) in [4.78, 5) is 11.2. The van der Waals surface area contributed by atoms with E-state index in [9.17, 15) is 9.90 Å². The third kappa shape index (κ3) is 2.62. The van der Waals surface area contributed by atoms with Gasteiger partial charge in [-0.3, -0.25) is 0 Å². The summed E-state index contributed by atoms with van der Waals surface area (Å²) in [6.07, 6.45) is 2.61. The van der Waals surface area contributed by atoms with Crippen molar-refractivity contribution in [2.45, 2.75) is 20.3 Å². The third-order valence-electron chi connectivity index (χ3n) is 2.85. The predicted molar refractivity (Wildman–Crippen MR) is 73.8 cm³/mol. The maximum atomic E-state index is 11.2. The molecule has 0 amide bonds. The van der Waals surface area contributed by atoms with Crippen molar-refractivity contribution in [3.63, 3.8) is 0 Å². The topological polar surface area (TPSA) is 59.7 Å². The Morgan fingerprint density at radius 3 is 2.79 bits per heavy atom. The van der Waals surface area contributed by atoms with Gasteiger partial charge in [-0.05, 0) is 32.4 Å². The molecule has 0 aliphatic rings. The summed E-state index contributed by atoms with van der Waals surface area (Å²) in [5.74, 6) is 0.217. The Bertz CT molecular complexity index is 691. The van der Waals surface area contributed by atoms with Crippen LogP contribution in [0.1, 0.15) is 19.4 Å². The van der Waals surface area contributed by atoms with E-state index in [1.54, 1.807) is 12.1 Å². The van der Waals surface area contributed by atoms with Crippen molar-refractivity contribution >= 4 is 11.0 Å². The molecule has 1 aromatic carbocycles. The van der Waals surface area contributed by atoms with E-state index in [1.165, 1.54) is 13.2 Å². The van der Waals surface area contributed by atoms with Crippen molar-refractivity contribution in [3.05, 3.63) is 45.8 Å². The van der Waals surface area contributed by atoms with E-state index in [-0.39, 0.29) is 17.1 Å². The average Bonchev–Trinajstić information content (AvgIpc) is 2.36. The summed E-state index contributed by atoms with van der Waals surface area (Å²) in [5.41, 5.74) is 1.70. The average molecular weight is 260 g/mol. The predicted octanol–water partition coefficient (Wildman–Crippen LogP) is 3.02. The van der Waals surface area contributed by atoms with Crippen LogP contribution in [0.5, 0.6) is 11.5 Å². The molecule has 0 aliphatic heterocycles. The lowest BCUT2D eigenvalue weighted by Gasteiger charge is -2.10. The van der Waals surface area contributed by atoms with Gasteiger partial charge in [0.05, 0.1) is 7.11 Å². The lowest BCUT2D eigenvalue weighted by Crippen LogP contribution is -1.98. The van der Waals surface area contributed by atoms with Crippen LogP contribution < -0.4 is 10.4 Å². The Morgan fingerprint density at radius 2 is 2.16 bits per heavy atom. The molecule has 19 heavy (non-hydrogen) atoms. The molecule has 2 aromatic rings. The highest BCUT2D eigenvalue weighted by Gasteiger charge is 2.15. The molecule has 1 N–H and O–H groups in total. The van der Waals surface area contributed by atoms with Gasteiger partial charge in [-0.1, -0.05) is 11.6 Å². The van der Waals surface area contributed by atoms with E-state index in [1.807, 2.05) is 19.9 Å². The van der Waals surface area contributed by atoms with Gasteiger partial charge >= 0.3 is 5.63 Å². The zero-order chi connectivity index (χ0) is 14.0. The molecule has 1 heterocycles. The maximum absolute atomic E-state index is 11.2. The van der Waals surface area contributed by atoms with E-state index in [4.69, 9.17) is 9.15 Å². The SMILES string of the molecule is COc1c(O)c(CC=C(C)C)cc2ccc(=O)oc12. The van der Waals surface area contributed by atoms with Gasteiger partial charge in [-0.2, -0.15) is 0 Å². The Balaban J connectivity index is 2.68. The molecule has 4 heteroatoms.